The predicted molar refractivity (Wildman–Crippen MR) is 116 cm³/mol. The molecule has 2 aromatic rings. The summed E-state index contributed by atoms with van der Waals surface area (Å²) in [6.45, 7) is 8.31. The molecule has 0 atom stereocenters. The fraction of sp³-hybridized carbons (Fsp3) is 0.227. The Balaban J connectivity index is 1.79. The summed E-state index contributed by atoms with van der Waals surface area (Å²) in [4.78, 5) is 2.04. The smallest absolute Gasteiger partial charge is 0.174 e. The van der Waals surface area contributed by atoms with Crippen LogP contribution in [-0.4, -0.2) is 31.4 Å². The Morgan fingerprint density at radius 3 is 2.63 bits per heavy atom. The Bertz CT molecular complexity index is 833. The van der Waals surface area contributed by atoms with E-state index in [1.807, 2.05) is 48.2 Å². The number of anilines is 1. The van der Waals surface area contributed by atoms with Gasteiger partial charge in [-0.3, -0.25) is 0 Å². The molecule has 3 rings (SSSR count). The van der Waals surface area contributed by atoms with E-state index in [0.717, 1.165) is 28.3 Å². The molecule has 0 unspecified atom stereocenters. The zero-order chi connectivity index (χ0) is 19.1. The molecule has 4 nitrogen and oxygen atoms in total. The lowest BCUT2D eigenvalue weighted by atomic mass is 10.2. The lowest BCUT2D eigenvalue weighted by molar-refractivity contribution is 0.171. The highest BCUT2D eigenvalue weighted by molar-refractivity contribution is 7.80. The number of hydrogen-bond acceptors (Lipinski definition) is 3. The highest BCUT2D eigenvalue weighted by atomic mass is 32.1. The minimum absolute atomic E-state index is 0.558. The van der Waals surface area contributed by atoms with Gasteiger partial charge in [0, 0.05) is 24.8 Å². The van der Waals surface area contributed by atoms with Crippen LogP contribution < -0.4 is 19.7 Å². The van der Waals surface area contributed by atoms with Crippen molar-refractivity contribution < 1.29 is 9.47 Å². The van der Waals surface area contributed by atoms with Crippen molar-refractivity contribution in [1.29, 1.82) is 0 Å². The number of nitrogens with zero attached hydrogens (tertiary/aromatic N) is 1. The highest BCUT2D eigenvalue weighted by Crippen LogP contribution is 2.34. The van der Waals surface area contributed by atoms with Crippen molar-refractivity contribution in [3.05, 3.63) is 72.3 Å². The maximum atomic E-state index is 5.72. The quantitative estimate of drug-likeness (QED) is 0.592. The summed E-state index contributed by atoms with van der Waals surface area (Å²) < 4.78 is 11.3. The first-order chi connectivity index (χ1) is 13.1. The summed E-state index contributed by atoms with van der Waals surface area (Å²) in [7, 11) is 0. The first kappa shape index (κ1) is 19.0. The van der Waals surface area contributed by atoms with E-state index in [4.69, 9.17) is 21.7 Å². The lowest BCUT2D eigenvalue weighted by Gasteiger charge is -2.27. The van der Waals surface area contributed by atoms with E-state index in [9.17, 15) is 0 Å². The summed E-state index contributed by atoms with van der Waals surface area (Å²) in [5.74, 6) is 1.52. The van der Waals surface area contributed by atoms with Crippen LogP contribution in [0.15, 0.2) is 66.8 Å². The lowest BCUT2D eigenvalue weighted by Crippen LogP contribution is -2.40. The molecule has 1 heterocycles. The van der Waals surface area contributed by atoms with E-state index in [0.29, 0.717) is 31.4 Å². The molecule has 2 aromatic carbocycles. The number of benzene rings is 2. The summed E-state index contributed by atoms with van der Waals surface area (Å²) in [6, 6.07) is 16.1. The second kappa shape index (κ2) is 9.24. The van der Waals surface area contributed by atoms with Crippen molar-refractivity contribution in [2.45, 2.75) is 6.92 Å². The number of thiocarbonyl (C=S) groups is 1. The van der Waals surface area contributed by atoms with Crippen LogP contribution in [0.5, 0.6) is 11.5 Å². The largest absolute Gasteiger partial charge is 0.486 e. The SMILES string of the molecule is C=C(C)CNC(=S)N(C/C=C/c1ccccc1)c1ccc2c(c1)OCCO2. The van der Waals surface area contributed by atoms with Crippen LogP contribution in [0.25, 0.3) is 6.08 Å². The third-order valence-corrected chi connectivity index (χ3v) is 4.39. The zero-order valence-electron chi connectivity index (χ0n) is 15.5. The van der Waals surface area contributed by atoms with Crippen LogP contribution in [0.3, 0.4) is 0 Å². The molecule has 0 bridgehead atoms. The molecule has 1 aliphatic rings. The molecule has 1 aliphatic heterocycles. The Labute approximate surface area is 166 Å². The van der Waals surface area contributed by atoms with Gasteiger partial charge in [-0.15, -0.1) is 0 Å². The van der Waals surface area contributed by atoms with Crippen LogP contribution in [0, 0.1) is 0 Å². The second-order valence-corrected chi connectivity index (χ2v) is 6.75. The Kier molecular flexibility index (Phi) is 6.49. The predicted octanol–water partition coefficient (Wildman–Crippen LogP) is 4.43. The van der Waals surface area contributed by atoms with Crippen molar-refractivity contribution in [2.24, 2.45) is 0 Å². The minimum atomic E-state index is 0.558. The molecule has 0 saturated heterocycles. The van der Waals surface area contributed by atoms with Gasteiger partial charge in [-0.05, 0) is 36.8 Å². The number of ether oxygens (including phenoxy) is 2. The van der Waals surface area contributed by atoms with E-state index in [-0.39, 0.29) is 0 Å². The van der Waals surface area contributed by atoms with Crippen LogP contribution in [0.4, 0.5) is 5.69 Å². The Morgan fingerprint density at radius 1 is 1.15 bits per heavy atom. The first-order valence-electron chi connectivity index (χ1n) is 8.94. The van der Waals surface area contributed by atoms with Gasteiger partial charge in [-0.1, -0.05) is 54.6 Å². The fourth-order valence-electron chi connectivity index (χ4n) is 2.69. The van der Waals surface area contributed by atoms with Gasteiger partial charge >= 0.3 is 0 Å². The summed E-state index contributed by atoms with van der Waals surface area (Å²) in [5.41, 5.74) is 3.14. The molecule has 1 N–H and O–H groups in total. The second-order valence-electron chi connectivity index (χ2n) is 6.37. The van der Waals surface area contributed by atoms with Crippen LogP contribution in [0.1, 0.15) is 12.5 Å². The van der Waals surface area contributed by atoms with E-state index >= 15 is 0 Å². The highest BCUT2D eigenvalue weighted by Gasteiger charge is 2.16. The molecule has 27 heavy (non-hydrogen) atoms. The van der Waals surface area contributed by atoms with E-state index in [2.05, 4.69) is 36.2 Å². The molecule has 5 heteroatoms. The average molecular weight is 381 g/mol. The minimum Gasteiger partial charge on any atom is -0.486 e. The maximum Gasteiger partial charge on any atom is 0.174 e. The Hall–Kier alpha value is -2.79. The van der Waals surface area contributed by atoms with E-state index in [1.165, 1.54) is 0 Å². The number of nitrogens with one attached hydrogen (secondary N) is 1. The van der Waals surface area contributed by atoms with Gasteiger partial charge in [-0.25, -0.2) is 0 Å². The van der Waals surface area contributed by atoms with Crippen molar-refractivity contribution >= 4 is 29.1 Å². The summed E-state index contributed by atoms with van der Waals surface area (Å²) in [5, 5.41) is 3.91. The van der Waals surface area contributed by atoms with Gasteiger partial charge < -0.3 is 19.7 Å². The first-order valence-corrected chi connectivity index (χ1v) is 9.35. The summed E-state index contributed by atoms with van der Waals surface area (Å²) >= 11 is 5.63. The summed E-state index contributed by atoms with van der Waals surface area (Å²) in [6.07, 6.45) is 4.19. The van der Waals surface area contributed by atoms with Gasteiger partial charge in [-0.2, -0.15) is 0 Å². The molecule has 0 fully saturated rings. The monoisotopic (exact) mass is 380 g/mol. The maximum absolute atomic E-state index is 5.72. The molecule has 0 spiro atoms. The molecule has 0 aliphatic carbocycles. The fourth-order valence-corrected chi connectivity index (χ4v) is 2.94. The van der Waals surface area contributed by atoms with Crippen molar-refractivity contribution in [1.82, 2.24) is 5.32 Å². The molecule has 0 aromatic heterocycles. The average Bonchev–Trinajstić information content (AvgIpc) is 2.70. The van der Waals surface area contributed by atoms with Crippen molar-refractivity contribution in [3.63, 3.8) is 0 Å². The van der Waals surface area contributed by atoms with Gasteiger partial charge in [0.1, 0.15) is 13.2 Å². The van der Waals surface area contributed by atoms with Crippen LogP contribution in [0.2, 0.25) is 0 Å². The van der Waals surface area contributed by atoms with Crippen molar-refractivity contribution in [2.75, 3.05) is 31.2 Å². The number of fused-ring (bicyclic) bond motifs is 1. The van der Waals surface area contributed by atoms with Gasteiger partial charge in [0.2, 0.25) is 0 Å². The van der Waals surface area contributed by atoms with Gasteiger partial charge in [0.05, 0.1) is 0 Å². The van der Waals surface area contributed by atoms with Crippen LogP contribution in [-0.2, 0) is 0 Å². The normalized spacial score (nSPS) is 12.6. The van der Waals surface area contributed by atoms with E-state index in [1.54, 1.807) is 0 Å². The number of hydrogen-bond donors (Lipinski definition) is 1. The molecule has 140 valence electrons. The third kappa shape index (κ3) is 5.34. The Morgan fingerprint density at radius 2 is 1.89 bits per heavy atom. The molecule has 0 saturated carbocycles. The molecular weight excluding hydrogens is 356 g/mol. The van der Waals surface area contributed by atoms with Crippen molar-refractivity contribution in [3.8, 4) is 11.5 Å². The molecule has 0 radical (unpaired) electrons. The van der Waals surface area contributed by atoms with E-state index < -0.39 is 0 Å². The zero-order valence-corrected chi connectivity index (χ0v) is 16.3. The number of rotatable bonds is 6. The van der Waals surface area contributed by atoms with Gasteiger partial charge in [0.15, 0.2) is 16.6 Å². The van der Waals surface area contributed by atoms with Crippen LogP contribution >= 0.6 is 12.2 Å². The topological polar surface area (TPSA) is 33.7 Å². The molecular formula is C22H24N2O2S. The third-order valence-electron chi connectivity index (χ3n) is 4.02. The molecule has 0 amide bonds. The van der Waals surface area contributed by atoms with Gasteiger partial charge in [0.25, 0.3) is 0 Å². The standard InChI is InChI=1S/C22H24N2O2S/c1-17(2)16-23-22(27)24(12-6-9-18-7-4-3-5-8-18)19-10-11-20-21(15-19)26-14-13-25-20/h3-11,15H,1,12-14,16H2,2H3,(H,23,27)/b9-6+.